The van der Waals surface area contributed by atoms with E-state index in [1.807, 2.05) is 48.5 Å². The van der Waals surface area contributed by atoms with E-state index >= 15 is 0 Å². The van der Waals surface area contributed by atoms with Crippen LogP contribution in [0.15, 0.2) is 48.5 Å². The summed E-state index contributed by atoms with van der Waals surface area (Å²) in [7, 11) is 1.14. The molecule has 1 aliphatic carbocycles. The zero-order valence-electron chi connectivity index (χ0n) is 19.3. The normalized spacial score (nSPS) is 14.4. The van der Waals surface area contributed by atoms with Crippen LogP contribution in [0.5, 0.6) is 0 Å². The first kappa shape index (κ1) is 26.1. The molecule has 0 radical (unpaired) electrons. The quantitative estimate of drug-likeness (QED) is 0.541. The summed E-state index contributed by atoms with van der Waals surface area (Å²) in [6, 6.07) is 14.3. The lowest BCUT2D eigenvalue weighted by Gasteiger charge is -2.25. The van der Waals surface area contributed by atoms with Crippen LogP contribution in [0.25, 0.3) is 11.1 Å². The molecule has 0 saturated carbocycles. The number of rotatable bonds is 9. The van der Waals surface area contributed by atoms with Crippen molar-refractivity contribution in [1.29, 1.82) is 0 Å². The molecule has 0 spiro atoms. The molecule has 2 N–H and O–H groups in total. The highest BCUT2D eigenvalue weighted by molar-refractivity contribution is 5.83. The molecule has 0 aliphatic heterocycles. The molecule has 2 amide bonds. The van der Waals surface area contributed by atoms with Gasteiger partial charge in [-0.3, -0.25) is 4.79 Å². The number of benzene rings is 2. The first-order valence-electron chi connectivity index (χ1n) is 11.1. The number of carbonyl (C=O) groups excluding carboxylic acids is 2. The number of ether oxygens (including phenoxy) is 1. The second-order valence-corrected chi connectivity index (χ2v) is 8.50. The van der Waals surface area contributed by atoms with Gasteiger partial charge in [-0.1, -0.05) is 48.5 Å². The first-order chi connectivity index (χ1) is 16.5. The van der Waals surface area contributed by atoms with Gasteiger partial charge in [0, 0.05) is 25.9 Å². The molecule has 1 aliphatic rings. The van der Waals surface area contributed by atoms with Crippen molar-refractivity contribution < 1.29 is 37.4 Å². The predicted octanol–water partition coefficient (Wildman–Crippen LogP) is 4.42. The van der Waals surface area contributed by atoms with Crippen LogP contribution in [0.1, 0.15) is 36.8 Å². The number of aliphatic carboxylic acids is 1. The molecule has 35 heavy (non-hydrogen) atoms. The van der Waals surface area contributed by atoms with E-state index < -0.39 is 48.9 Å². The number of alkyl halides is 3. The second-order valence-electron chi connectivity index (χ2n) is 8.50. The van der Waals surface area contributed by atoms with Gasteiger partial charge in [-0.15, -0.1) is 0 Å². The molecule has 0 fully saturated rings. The topological polar surface area (TPSA) is 95.9 Å². The number of likely N-dealkylation sites (N-methyl/N-ethyl adjacent to an activating group) is 1. The second kappa shape index (κ2) is 10.8. The molecule has 0 aromatic heterocycles. The van der Waals surface area contributed by atoms with Crippen molar-refractivity contribution in [3.63, 3.8) is 0 Å². The fourth-order valence-electron chi connectivity index (χ4n) is 4.12. The summed E-state index contributed by atoms with van der Waals surface area (Å²) in [5.74, 6) is -4.47. The van der Waals surface area contributed by atoms with Gasteiger partial charge in [0.25, 0.3) is 0 Å². The highest BCUT2D eigenvalue weighted by Gasteiger charge is 2.41. The largest absolute Gasteiger partial charge is 0.480 e. The number of amides is 2. The maximum absolute atomic E-state index is 13.4. The molecule has 2 aromatic carbocycles. The molecular formula is C25H27F3N2O5. The summed E-state index contributed by atoms with van der Waals surface area (Å²) in [5, 5.41) is 11.3. The standard InChI is InChI=1S/C25H27F3N2O5/c1-15(23(32)33)30(2)22(31)13-16(25(26,27)28)11-12-29-24(34)35-14-21-19-9-5-3-7-17(19)18-8-4-6-10-20(18)21/h3-10,15-16,21H,11-14H2,1-2H3,(H,29,34)(H,32,33). The van der Waals surface area contributed by atoms with Gasteiger partial charge in [-0.25, -0.2) is 9.59 Å². The molecule has 0 heterocycles. The summed E-state index contributed by atoms with van der Waals surface area (Å²) in [4.78, 5) is 36.1. The van der Waals surface area contributed by atoms with E-state index in [4.69, 9.17) is 9.84 Å². The number of carboxylic acid groups (broad SMARTS) is 1. The molecule has 2 unspecified atom stereocenters. The lowest BCUT2D eigenvalue weighted by Crippen LogP contribution is -2.42. The smallest absolute Gasteiger partial charge is 0.407 e. The average molecular weight is 492 g/mol. The fraction of sp³-hybridized carbons (Fsp3) is 0.400. The van der Waals surface area contributed by atoms with Gasteiger partial charge in [0.1, 0.15) is 12.6 Å². The van der Waals surface area contributed by atoms with Crippen LogP contribution in [-0.2, 0) is 14.3 Å². The van der Waals surface area contributed by atoms with Crippen LogP contribution in [0.4, 0.5) is 18.0 Å². The van der Waals surface area contributed by atoms with Crippen LogP contribution in [0.2, 0.25) is 0 Å². The van der Waals surface area contributed by atoms with Crippen LogP contribution >= 0.6 is 0 Å². The number of alkyl carbamates (subject to hydrolysis) is 1. The molecule has 3 rings (SSSR count). The Kier molecular flexibility index (Phi) is 8.03. The van der Waals surface area contributed by atoms with E-state index in [-0.39, 0.29) is 19.1 Å². The maximum Gasteiger partial charge on any atom is 0.407 e. The summed E-state index contributed by atoms with van der Waals surface area (Å²) < 4.78 is 45.6. The number of halogens is 3. The van der Waals surface area contributed by atoms with E-state index in [1.165, 1.54) is 6.92 Å². The minimum atomic E-state index is -4.69. The Morgan fingerprint density at radius 2 is 1.60 bits per heavy atom. The minimum Gasteiger partial charge on any atom is -0.480 e. The zero-order chi connectivity index (χ0) is 25.8. The number of hydrogen-bond donors (Lipinski definition) is 2. The summed E-state index contributed by atoms with van der Waals surface area (Å²) in [6.07, 6.45) is -7.00. The van der Waals surface area contributed by atoms with E-state index in [9.17, 15) is 27.6 Å². The third kappa shape index (κ3) is 6.12. The predicted molar refractivity (Wildman–Crippen MR) is 122 cm³/mol. The van der Waals surface area contributed by atoms with Crippen LogP contribution in [0.3, 0.4) is 0 Å². The molecule has 2 atom stereocenters. The van der Waals surface area contributed by atoms with Crippen LogP contribution < -0.4 is 5.32 Å². The number of nitrogens with zero attached hydrogens (tertiary/aromatic N) is 1. The van der Waals surface area contributed by atoms with Gasteiger partial charge in [-0.05, 0) is 35.6 Å². The number of nitrogens with one attached hydrogen (secondary N) is 1. The van der Waals surface area contributed by atoms with Crippen molar-refractivity contribution in [2.45, 2.75) is 37.9 Å². The monoisotopic (exact) mass is 492 g/mol. The first-order valence-corrected chi connectivity index (χ1v) is 11.1. The summed E-state index contributed by atoms with van der Waals surface area (Å²) >= 11 is 0. The van der Waals surface area contributed by atoms with Gasteiger partial charge in [0.2, 0.25) is 5.91 Å². The van der Waals surface area contributed by atoms with E-state index in [2.05, 4.69) is 5.32 Å². The molecular weight excluding hydrogens is 465 g/mol. The van der Waals surface area contributed by atoms with Crippen molar-refractivity contribution in [2.75, 3.05) is 20.2 Å². The number of carboxylic acids is 1. The SMILES string of the molecule is CC(C(=O)O)N(C)C(=O)CC(CCNC(=O)OCC1c2ccccc2-c2ccccc21)C(F)(F)F. The lowest BCUT2D eigenvalue weighted by atomic mass is 9.98. The van der Waals surface area contributed by atoms with Crippen molar-refractivity contribution >= 4 is 18.0 Å². The van der Waals surface area contributed by atoms with E-state index in [1.54, 1.807) is 0 Å². The molecule has 2 aromatic rings. The highest BCUT2D eigenvalue weighted by Crippen LogP contribution is 2.44. The molecule has 10 heteroatoms. The summed E-state index contributed by atoms with van der Waals surface area (Å²) in [5.41, 5.74) is 4.13. The number of fused-ring (bicyclic) bond motifs is 3. The van der Waals surface area contributed by atoms with E-state index in [0.717, 1.165) is 34.2 Å². The van der Waals surface area contributed by atoms with Crippen molar-refractivity contribution in [3.05, 3.63) is 59.7 Å². The fourth-order valence-corrected chi connectivity index (χ4v) is 4.12. The van der Waals surface area contributed by atoms with Crippen LogP contribution in [-0.4, -0.2) is 60.4 Å². The number of hydrogen-bond acceptors (Lipinski definition) is 4. The van der Waals surface area contributed by atoms with Gasteiger partial charge < -0.3 is 20.1 Å². The van der Waals surface area contributed by atoms with Gasteiger partial charge >= 0.3 is 18.2 Å². The third-order valence-electron chi connectivity index (χ3n) is 6.32. The molecule has 0 bridgehead atoms. The number of carbonyl (C=O) groups is 3. The Bertz CT molecular complexity index is 1040. The van der Waals surface area contributed by atoms with E-state index in [0.29, 0.717) is 0 Å². The molecule has 7 nitrogen and oxygen atoms in total. The Balaban J connectivity index is 1.53. The van der Waals surface area contributed by atoms with Gasteiger partial charge in [0.05, 0.1) is 5.92 Å². The molecule has 188 valence electrons. The average Bonchev–Trinajstić information content (AvgIpc) is 3.14. The third-order valence-corrected chi connectivity index (χ3v) is 6.32. The zero-order valence-corrected chi connectivity index (χ0v) is 19.3. The minimum absolute atomic E-state index is 0.0267. The van der Waals surface area contributed by atoms with Gasteiger partial charge in [-0.2, -0.15) is 13.2 Å². The highest BCUT2D eigenvalue weighted by atomic mass is 19.4. The Morgan fingerprint density at radius 1 is 1.06 bits per heavy atom. The molecule has 0 saturated heterocycles. The van der Waals surface area contributed by atoms with Crippen LogP contribution in [0, 0.1) is 5.92 Å². The maximum atomic E-state index is 13.4. The Hall–Kier alpha value is -3.56. The van der Waals surface area contributed by atoms with Crippen molar-refractivity contribution in [3.8, 4) is 11.1 Å². The van der Waals surface area contributed by atoms with Gasteiger partial charge in [0.15, 0.2) is 0 Å². The Morgan fingerprint density at radius 3 is 2.11 bits per heavy atom. The summed E-state index contributed by atoms with van der Waals surface area (Å²) in [6.45, 7) is 0.882. The van der Waals surface area contributed by atoms with Crippen molar-refractivity contribution in [1.82, 2.24) is 10.2 Å². The van der Waals surface area contributed by atoms with Crippen molar-refractivity contribution in [2.24, 2.45) is 5.92 Å². The lowest BCUT2D eigenvalue weighted by molar-refractivity contribution is -0.182. The Labute approximate surface area is 200 Å².